The molecule has 0 aliphatic heterocycles. The standard InChI is InChI=1S/C15H17FN4O3/c1-3-10(5-4-9(2)16)18-13(21)12-11(8-17-20-12)19-14(22)15(23)6-7-15/h3-5,8,23H,2,6-7H2,1H3,(H,17,20)(H,18,21)(H,19,22)/b5-4-,10-3+. The topological polar surface area (TPSA) is 107 Å². The summed E-state index contributed by atoms with van der Waals surface area (Å²) < 4.78 is 12.6. The number of halogens is 1. The number of H-pyrrole nitrogens is 1. The number of hydrogen-bond donors (Lipinski definition) is 4. The van der Waals surface area contributed by atoms with Crippen molar-refractivity contribution in [2.45, 2.75) is 25.4 Å². The fourth-order valence-corrected chi connectivity index (χ4v) is 1.72. The number of anilines is 1. The molecule has 7 nitrogen and oxygen atoms in total. The van der Waals surface area contributed by atoms with Crippen LogP contribution < -0.4 is 10.6 Å². The Balaban J connectivity index is 2.07. The van der Waals surface area contributed by atoms with Crippen LogP contribution in [0.4, 0.5) is 10.1 Å². The van der Waals surface area contributed by atoms with Crippen molar-refractivity contribution in [1.82, 2.24) is 15.5 Å². The highest BCUT2D eigenvalue weighted by molar-refractivity contribution is 6.05. The Hall–Kier alpha value is -2.74. The summed E-state index contributed by atoms with van der Waals surface area (Å²) in [6.07, 6.45) is 6.07. The van der Waals surface area contributed by atoms with E-state index in [0.717, 1.165) is 6.08 Å². The smallest absolute Gasteiger partial charge is 0.275 e. The van der Waals surface area contributed by atoms with Crippen LogP contribution in [0.15, 0.2) is 42.5 Å². The van der Waals surface area contributed by atoms with Crippen molar-refractivity contribution in [3.8, 4) is 0 Å². The fourth-order valence-electron chi connectivity index (χ4n) is 1.72. The Morgan fingerprint density at radius 3 is 2.74 bits per heavy atom. The molecule has 1 fully saturated rings. The number of amides is 2. The Morgan fingerprint density at radius 1 is 1.48 bits per heavy atom. The first kappa shape index (κ1) is 16.6. The molecule has 1 saturated carbocycles. The largest absolute Gasteiger partial charge is 0.380 e. The second kappa shape index (κ2) is 6.57. The van der Waals surface area contributed by atoms with Crippen LogP contribution >= 0.6 is 0 Å². The average Bonchev–Trinajstić information content (AvgIpc) is 3.09. The minimum atomic E-state index is -1.36. The van der Waals surface area contributed by atoms with E-state index >= 15 is 0 Å². The molecule has 23 heavy (non-hydrogen) atoms. The minimum absolute atomic E-state index is 0.0226. The van der Waals surface area contributed by atoms with Gasteiger partial charge in [-0.15, -0.1) is 0 Å². The van der Waals surface area contributed by atoms with Gasteiger partial charge in [-0.1, -0.05) is 12.7 Å². The highest BCUT2D eigenvalue weighted by atomic mass is 19.1. The second-order valence-electron chi connectivity index (χ2n) is 5.12. The number of aromatic amines is 1. The SMILES string of the molecule is C=C(F)/C=C\C(=C/C)NC(=O)c1[nH]ncc1NC(=O)C1(O)CC1. The van der Waals surface area contributed by atoms with E-state index in [4.69, 9.17) is 0 Å². The molecule has 1 heterocycles. The summed E-state index contributed by atoms with van der Waals surface area (Å²) in [5.74, 6) is -1.79. The van der Waals surface area contributed by atoms with Crippen LogP contribution in [0.3, 0.4) is 0 Å². The number of aromatic nitrogens is 2. The van der Waals surface area contributed by atoms with Crippen molar-refractivity contribution in [3.05, 3.63) is 48.2 Å². The van der Waals surface area contributed by atoms with Gasteiger partial charge in [0.2, 0.25) is 0 Å². The maximum atomic E-state index is 12.6. The molecule has 122 valence electrons. The van der Waals surface area contributed by atoms with E-state index in [1.165, 1.54) is 12.3 Å². The van der Waals surface area contributed by atoms with Gasteiger partial charge in [-0.05, 0) is 31.9 Å². The molecule has 4 N–H and O–H groups in total. The summed E-state index contributed by atoms with van der Waals surface area (Å²) in [4.78, 5) is 24.0. The Morgan fingerprint density at radius 2 is 2.17 bits per heavy atom. The van der Waals surface area contributed by atoms with Gasteiger partial charge in [-0.25, -0.2) is 4.39 Å². The molecule has 2 amide bonds. The molecule has 0 saturated heterocycles. The van der Waals surface area contributed by atoms with Crippen molar-refractivity contribution in [2.75, 3.05) is 5.32 Å². The number of aliphatic hydroxyl groups is 1. The number of nitrogens with zero attached hydrogens (tertiary/aromatic N) is 1. The third-order valence-corrected chi connectivity index (χ3v) is 3.27. The summed E-state index contributed by atoms with van der Waals surface area (Å²) in [5.41, 5.74) is -0.831. The zero-order valence-corrected chi connectivity index (χ0v) is 12.5. The van der Waals surface area contributed by atoms with Crippen LogP contribution in [0.25, 0.3) is 0 Å². The molecule has 8 heteroatoms. The molecule has 0 unspecified atom stereocenters. The molecule has 0 atom stereocenters. The van der Waals surface area contributed by atoms with Crippen molar-refractivity contribution in [1.29, 1.82) is 0 Å². The van der Waals surface area contributed by atoms with E-state index in [1.807, 2.05) is 0 Å². The predicted molar refractivity (Wildman–Crippen MR) is 82.0 cm³/mol. The monoisotopic (exact) mass is 320 g/mol. The quantitative estimate of drug-likeness (QED) is 0.596. The van der Waals surface area contributed by atoms with Gasteiger partial charge in [0.1, 0.15) is 17.1 Å². The number of carbonyl (C=O) groups excluding carboxylic acids is 2. The summed E-state index contributed by atoms with van der Waals surface area (Å²) in [6, 6.07) is 0. The lowest BCUT2D eigenvalue weighted by atomic mass is 10.2. The summed E-state index contributed by atoms with van der Waals surface area (Å²) in [7, 11) is 0. The van der Waals surface area contributed by atoms with Crippen LogP contribution in [-0.4, -0.2) is 32.7 Å². The van der Waals surface area contributed by atoms with Crippen molar-refractivity contribution >= 4 is 17.5 Å². The lowest BCUT2D eigenvalue weighted by molar-refractivity contribution is -0.125. The zero-order chi connectivity index (χ0) is 17.0. The number of hydrogen-bond acceptors (Lipinski definition) is 4. The van der Waals surface area contributed by atoms with E-state index in [9.17, 15) is 19.1 Å². The van der Waals surface area contributed by atoms with Gasteiger partial charge in [0.15, 0.2) is 0 Å². The molecule has 0 aromatic carbocycles. The summed E-state index contributed by atoms with van der Waals surface area (Å²) in [6.45, 7) is 4.75. The molecular formula is C15H17FN4O3. The molecule has 2 rings (SSSR count). The number of carbonyl (C=O) groups is 2. The first-order chi connectivity index (χ1) is 10.9. The minimum Gasteiger partial charge on any atom is -0.380 e. The fraction of sp³-hybridized carbons (Fsp3) is 0.267. The predicted octanol–water partition coefficient (Wildman–Crippen LogP) is 1.55. The Labute approximate surface area is 132 Å². The van der Waals surface area contributed by atoms with Gasteiger partial charge in [0, 0.05) is 5.70 Å². The average molecular weight is 320 g/mol. The third kappa shape index (κ3) is 4.13. The van der Waals surface area contributed by atoms with E-state index in [-0.39, 0.29) is 11.4 Å². The lowest BCUT2D eigenvalue weighted by Crippen LogP contribution is -2.30. The van der Waals surface area contributed by atoms with Crippen LogP contribution in [0.2, 0.25) is 0 Å². The van der Waals surface area contributed by atoms with Crippen LogP contribution in [0.1, 0.15) is 30.3 Å². The lowest BCUT2D eigenvalue weighted by Gasteiger charge is -2.10. The van der Waals surface area contributed by atoms with Crippen LogP contribution in [0.5, 0.6) is 0 Å². The van der Waals surface area contributed by atoms with E-state index in [2.05, 4.69) is 27.4 Å². The van der Waals surface area contributed by atoms with Gasteiger partial charge in [-0.2, -0.15) is 5.10 Å². The van der Waals surface area contributed by atoms with Gasteiger partial charge in [0.25, 0.3) is 11.8 Å². The normalized spacial score (nSPS) is 16.2. The molecule has 0 spiro atoms. The molecule has 1 aromatic heterocycles. The van der Waals surface area contributed by atoms with E-state index in [1.54, 1.807) is 13.0 Å². The Bertz CT molecular complexity index is 701. The van der Waals surface area contributed by atoms with Crippen molar-refractivity contribution in [2.24, 2.45) is 0 Å². The zero-order valence-electron chi connectivity index (χ0n) is 12.5. The van der Waals surface area contributed by atoms with Crippen molar-refractivity contribution in [3.63, 3.8) is 0 Å². The van der Waals surface area contributed by atoms with Crippen LogP contribution in [0, 0.1) is 0 Å². The first-order valence-corrected chi connectivity index (χ1v) is 6.93. The number of allylic oxidation sites excluding steroid dienone is 4. The van der Waals surface area contributed by atoms with Gasteiger partial charge < -0.3 is 15.7 Å². The molecule has 0 bridgehead atoms. The molecule has 1 aliphatic rings. The van der Waals surface area contributed by atoms with E-state index in [0.29, 0.717) is 18.5 Å². The first-order valence-electron chi connectivity index (χ1n) is 6.93. The molecular weight excluding hydrogens is 303 g/mol. The van der Waals surface area contributed by atoms with Gasteiger partial charge in [0.05, 0.1) is 11.9 Å². The van der Waals surface area contributed by atoms with Gasteiger partial charge >= 0.3 is 0 Å². The number of nitrogens with one attached hydrogen (secondary N) is 3. The highest BCUT2D eigenvalue weighted by Crippen LogP contribution is 2.36. The molecule has 1 aromatic rings. The maximum absolute atomic E-state index is 12.6. The van der Waals surface area contributed by atoms with Crippen LogP contribution in [-0.2, 0) is 4.79 Å². The highest BCUT2D eigenvalue weighted by Gasteiger charge is 2.48. The molecule has 1 aliphatic carbocycles. The van der Waals surface area contributed by atoms with Crippen molar-refractivity contribution < 1.29 is 19.1 Å². The third-order valence-electron chi connectivity index (χ3n) is 3.27. The summed E-state index contributed by atoms with van der Waals surface area (Å²) in [5, 5.41) is 20.9. The van der Waals surface area contributed by atoms with E-state index < -0.39 is 23.2 Å². The molecule has 0 radical (unpaired) electrons. The second-order valence-corrected chi connectivity index (χ2v) is 5.12. The Kier molecular flexibility index (Phi) is 4.75. The number of rotatable bonds is 6. The maximum Gasteiger partial charge on any atom is 0.275 e. The summed E-state index contributed by atoms with van der Waals surface area (Å²) >= 11 is 0. The van der Waals surface area contributed by atoms with Gasteiger partial charge in [-0.3, -0.25) is 14.7 Å².